The third kappa shape index (κ3) is 2.74. The molecule has 0 bridgehead atoms. The first kappa shape index (κ1) is 11.9. The molecule has 0 atom stereocenters. The summed E-state index contributed by atoms with van der Waals surface area (Å²) in [5, 5.41) is 4.05. The molecular formula is C13H13ClN2O. The minimum atomic E-state index is -0.0659. The summed E-state index contributed by atoms with van der Waals surface area (Å²) < 4.78 is 1.46. The topological polar surface area (TPSA) is 34.9 Å². The molecule has 0 spiro atoms. The molecule has 1 heterocycles. The van der Waals surface area contributed by atoms with Gasteiger partial charge in [-0.2, -0.15) is 5.10 Å². The van der Waals surface area contributed by atoms with E-state index in [2.05, 4.69) is 5.10 Å². The lowest BCUT2D eigenvalue weighted by atomic mass is 10.1. The number of aromatic nitrogens is 2. The van der Waals surface area contributed by atoms with E-state index in [-0.39, 0.29) is 5.56 Å². The minimum absolute atomic E-state index is 0.0659. The summed E-state index contributed by atoms with van der Waals surface area (Å²) >= 11 is 5.62. The minimum Gasteiger partial charge on any atom is -0.267 e. The molecule has 1 aromatic carbocycles. The Morgan fingerprint density at radius 1 is 1.18 bits per heavy atom. The largest absolute Gasteiger partial charge is 0.274 e. The van der Waals surface area contributed by atoms with Gasteiger partial charge in [0.05, 0.1) is 5.56 Å². The predicted molar refractivity (Wildman–Crippen MR) is 69.3 cm³/mol. The molecule has 0 saturated carbocycles. The average Bonchev–Trinajstić information content (AvgIpc) is 2.39. The molecule has 88 valence electrons. The van der Waals surface area contributed by atoms with Gasteiger partial charge in [-0.3, -0.25) is 4.79 Å². The van der Waals surface area contributed by atoms with E-state index < -0.39 is 0 Å². The van der Waals surface area contributed by atoms with Crippen LogP contribution in [0.2, 0.25) is 0 Å². The van der Waals surface area contributed by atoms with Crippen molar-refractivity contribution in [3.8, 4) is 11.1 Å². The van der Waals surface area contributed by atoms with Gasteiger partial charge in [-0.1, -0.05) is 30.3 Å². The number of nitrogens with zero attached hydrogens (tertiary/aromatic N) is 2. The number of hydrogen-bond donors (Lipinski definition) is 0. The summed E-state index contributed by atoms with van der Waals surface area (Å²) in [6.45, 7) is 0.559. The molecule has 2 aromatic rings. The molecule has 0 aliphatic rings. The summed E-state index contributed by atoms with van der Waals surface area (Å²) in [6.07, 6.45) is 2.39. The summed E-state index contributed by atoms with van der Waals surface area (Å²) in [6, 6.07) is 11.3. The number of hydrogen-bond acceptors (Lipinski definition) is 2. The fourth-order valence-corrected chi connectivity index (χ4v) is 1.78. The van der Waals surface area contributed by atoms with Crippen molar-refractivity contribution in [3.63, 3.8) is 0 Å². The smallest absolute Gasteiger partial charge is 0.267 e. The van der Waals surface area contributed by atoms with Crippen molar-refractivity contribution in [1.29, 1.82) is 0 Å². The zero-order chi connectivity index (χ0) is 12.1. The van der Waals surface area contributed by atoms with Gasteiger partial charge in [0.25, 0.3) is 5.56 Å². The van der Waals surface area contributed by atoms with Crippen LogP contribution < -0.4 is 5.56 Å². The van der Waals surface area contributed by atoms with Crippen molar-refractivity contribution < 1.29 is 0 Å². The third-order valence-corrected chi connectivity index (χ3v) is 2.77. The van der Waals surface area contributed by atoms with Crippen LogP contribution in [0.5, 0.6) is 0 Å². The van der Waals surface area contributed by atoms with Crippen LogP contribution in [0.25, 0.3) is 11.1 Å². The van der Waals surface area contributed by atoms with Gasteiger partial charge >= 0.3 is 0 Å². The van der Waals surface area contributed by atoms with E-state index >= 15 is 0 Å². The second kappa shape index (κ2) is 5.64. The van der Waals surface area contributed by atoms with E-state index in [0.717, 1.165) is 12.0 Å². The first-order valence-corrected chi connectivity index (χ1v) is 6.04. The maximum atomic E-state index is 12.1. The lowest BCUT2D eigenvalue weighted by Crippen LogP contribution is -2.24. The van der Waals surface area contributed by atoms with Gasteiger partial charge in [0.2, 0.25) is 0 Å². The monoisotopic (exact) mass is 248 g/mol. The molecule has 0 N–H and O–H groups in total. The van der Waals surface area contributed by atoms with E-state index in [1.54, 1.807) is 12.3 Å². The van der Waals surface area contributed by atoms with Crippen LogP contribution in [0.3, 0.4) is 0 Å². The Kier molecular flexibility index (Phi) is 3.94. The maximum absolute atomic E-state index is 12.1. The lowest BCUT2D eigenvalue weighted by molar-refractivity contribution is 0.571. The van der Waals surface area contributed by atoms with Gasteiger partial charge in [0.1, 0.15) is 0 Å². The van der Waals surface area contributed by atoms with E-state index in [9.17, 15) is 4.79 Å². The molecule has 0 unspecified atom stereocenters. The Balaban J connectivity index is 2.40. The molecule has 2 rings (SSSR count). The van der Waals surface area contributed by atoms with Gasteiger partial charge in [0, 0.05) is 18.6 Å². The van der Waals surface area contributed by atoms with E-state index in [0.29, 0.717) is 18.0 Å². The molecule has 1 aromatic heterocycles. The van der Waals surface area contributed by atoms with Gasteiger partial charge < -0.3 is 0 Å². The third-order valence-electron chi connectivity index (χ3n) is 2.50. The molecule has 0 amide bonds. The van der Waals surface area contributed by atoms with Gasteiger partial charge in [-0.25, -0.2) is 4.68 Å². The summed E-state index contributed by atoms with van der Waals surface area (Å²) in [4.78, 5) is 12.1. The number of benzene rings is 1. The van der Waals surface area contributed by atoms with E-state index in [4.69, 9.17) is 11.6 Å². The zero-order valence-corrected chi connectivity index (χ0v) is 10.1. The second-order valence-corrected chi connectivity index (χ2v) is 4.06. The number of halogens is 1. The van der Waals surface area contributed by atoms with E-state index in [1.807, 2.05) is 30.3 Å². The highest BCUT2D eigenvalue weighted by atomic mass is 35.5. The van der Waals surface area contributed by atoms with Crippen LogP contribution in [-0.2, 0) is 6.54 Å². The van der Waals surface area contributed by atoms with Crippen LogP contribution in [0, 0.1) is 0 Å². The first-order valence-electron chi connectivity index (χ1n) is 5.50. The van der Waals surface area contributed by atoms with Crippen molar-refractivity contribution >= 4 is 11.6 Å². The molecule has 0 saturated heterocycles. The highest BCUT2D eigenvalue weighted by Gasteiger charge is 2.05. The molecule has 17 heavy (non-hydrogen) atoms. The Hall–Kier alpha value is -1.61. The molecule has 0 aliphatic heterocycles. The fourth-order valence-electron chi connectivity index (χ4n) is 1.66. The van der Waals surface area contributed by atoms with Gasteiger partial charge in [-0.15, -0.1) is 11.6 Å². The number of rotatable bonds is 4. The van der Waals surface area contributed by atoms with Crippen LogP contribution in [0.15, 0.2) is 47.4 Å². The fraction of sp³-hybridized carbons (Fsp3) is 0.231. The van der Waals surface area contributed by atoms with Crippen LogP contribution in [-0.4, -0.2) is 15.7 Å². The first-order chi connectivity index (χ1) is 8.33. The molecular weight excluding hydrogens is 236 g/mol. The lowest BCUT2D eigenvalue weighted by Gasteiger charge is -2.05. The van der Waals surface area contributed by atoms with Crippen molar-refractivity contribution in [1.82, 2.24) is 9.78 Å². The van der Waals surface area contributed by atoms with E-state index in [1.165, 1.54) is 4.68 Å². The standard InChI is InChI=1S/C13H13ClN2O/c14-8-4-10-16-13(17)12(7-9-15-16)11-5-2-1-3-6-11/h1-3,5-7,9H,4,8,10H2. The normalized spacial score (nSPS) is 10.4. The second-order valence-electron chi connectivity index (χ2n) is 3.68. The van der Waals surface area contributed by atoms with Gasteiger partial charge in [-0.05, 0) is 18.1 Å². The van der Waals surface area contributed by atoms with Gasteiger partial charge in [0.15, 0.2) is 0 Å². The Bertz CT molecular complexity index is 537. The van der Waals surface area contributed by atoms with Crippen molar-refractivity contribution in [3.05, 3.63) is 52.9 Å². The Morgan fingerprint density at radius 3 is 2.65 bits per heavy atom. The highest BCUT2D eigenvalue weighted by molar-refractivity contribution is 6.17. The summed E-state index contributed by atoms with van der Waals surface area (Å²) in [5.41, 5.74) is 1.53. The molecule has 0 aliphatic carbocycles. The zero-order valence-electron chi connectivity index (χ0n) is 9.34. The van der Waals surface area contributed by atoms with Crippen LogP contribution >= 0.6 is 11.6 Å². The number of aryl methyl sites for hydroxylation is 1. The summed E-state index contributed by atoms with van der Waals surface area (Å²) in [5.74, 6) is 0.531. The Labute approximate surface area is 105 Å². The van der Waals surface area contributed by atoms with Crippen LogP contribution in [0.4, 0.5) is 0 Å². The van der Waals surface area contributed by atoms with Crippen LogP contribution in [0.1, 0.15) is 6.42 Å². The van der Waals surface area contributed by atoms with Crippen molar-refractivity contribution in [2.24, 2.45) is 0 Å². The maximum Gasteiger partial charge on any atom is 0.274 e. The highest BCUT2D eigenvalue weighted by Crippen LogP contribution is 2.13. The molecule has 3 nitrogen and oxygen atoms in total. The molecule has 4 heteroatoms. The van der Waals surface area contributed by atoms with Crippen molar-refractivity contribution in [2.45, 2.75) is 13.0 Å². The number of alkyl halides is 1. The molecule has 0 radical (unpaired) electrons. The average molecular weight is 249 g/mol. The SMILES string of the molecule is O=c1c(-c2ccccc2)ccnn1CCCCl. The quantitative estimate of drug-likeness (QED) is 0.780. The molecule has 0 fully saturated rings. The summed E-state index contributed by atoms with van der Waals surface area (Å²) in [7, 11) is 0. The Morgan fingerprint density at radius 2 is 1.94 bits per heavy atom. The van der Waals surface area contributed by atoms with Crippen molar-refractivity contribution in [2.75, 3.05) is 5.88 Å². The predicted octanol–water partition coefficient (Wildman–Crippen LogP) is 2.54.